The van der Waals surface area contributed by atoms with Crippen LogP contribution in [-0.2, 0) is 0 Å². The van der Waals surface area contributed by atoms with Gasteiger partial charge < -0.3 is 4.42 Å². The molecule has 0 saturated heterocycles. The van der Waals surface area contributed by atoms with E-state index in [0.29, 0.717) is 16.7 Å². The van der Waals surface area contributed by atoms with E-state index in [1.807, 2.05) is 13.0 Å². The first-order chi connectivity index (χ1) is 7.69. The largest absolute Gasteiger partial charge is 0.468 e. The topological polar surface area (TPSA) is 30.2 Å². The first kappa shape index (κ1) is 11.0. The van der Waals surface area contributed by atoms with E-state index in [4.69, 9.17) is 4.42 Å². The van der Waals surface area contributed by atoms with Crippen molar-refractivity contribution in [2.24, 2.45) is 0 Å². The van der Waals surface area contributed by atoms with E-state index in [2.05, 4.69) is 0 Å². The molecule has 1 heterocycles. The van der Waals surface area contributed by atoms with Gasteiger partial charge in [-0.05, 0) is 31.2 Å². The zero-order chi connectivity index (χ0) is 11.5. The van der Waals surface area contributed by atoms with Crippen molar-refractivity contribution in [1.29, 1.82) is 0 Å². The van der Waals surface area contributed by atoms with Crippen molar-refractivity contribution in [2.45, 2.75) is 16.7 Å². The summed E-state index contributed by atoms with van der Waals surface area (Å²) >= 11 is 1.37. The van der Waals surface area contributed by atoms with Crippen molar-refractivity contribution in [2.75, 3.05) is 0 Å². The first-order valence-corrected chi connectivity index (χ1v) is 5.48. The fourth-order valence-corrected chi connectivity index (χ4v) is 2.25. The lowest BCUT2D eigenvalue weighted by atomic mass is 10.2. The molecule has 16 heavy (non-hydrogen) atoms. The van der Waals surface area contributed by atoms with Gasteiger partial charge in [-0.3, -0.25) is 4.79 Å². The van der Waals surface area contributed by atoms with Gasteiger partial charge in [0.1, 0.15) is 17.9 Å². The zero-order valence-corrected chi connectivity index (χ0v) is 9.38. The van der Waals surface area contributed by atoms with Crippen molar-refractivity contribution in [3.05, 3.63) is 47.7 Å². The Hall–Kier alpha value is -1.55. The van der Waals surface area contributed by atoms with Gasteiger partial charge in [-0.2, -0.15) is 0 Å². The van der Waals surface area contributed by atoms with Gasteiger partial charge in [0.05, 0.1) is 11.2 Å². The molecule has 0 radical (unpaired) electrons. The second-order valence-electron chi connectivity index (χ2n) is 3.28. The van der Waals surface area contributed by atoms with E-state index >= 15 is 0 Å². The molecule has 0 aliphatic rings. The van der Waals surface area contributed by atoms with Gasteiger partial charge in [-0.1, -0.05) is 11.8 Å². The molecule has 2 aromatic rings. The van der Waals surface area contributed by atoms with Gasteiger partial charge in [-0.25, -0.2) is 4.39 Å². The maximum absolute atomic E-state index is 13.1. The first-order valence-electron chi connectivity index (χ1n) is 4.67. The minimum Gasteiger partial charge on any atom is -0.468 e. The Morgan fingerprint density at radius 1 is 1.38 bits per heavy atom. The number of aldehydes is 1. The number of carbonyl (C=O) groups excluding carboxylic acids is 1. The number of carbonyl (C=O) groups is 1. The maximum atomic E-state index is 13.1. The van der Waals surface area contributed by atoms with Crippen molar-refractivity contribution >= 4 is 18.0 Å². The van der Waals surface area contributed by atoms with Gasteiger partial charge in [0.25, 0.3) is 0 Å². The van der Waals surface area contributed by atoms with Crippen molar-refractivity contribution < 1.29 is 13.6 Å². The number of halogens is 1. The second-order valence-corrected chi connectivity index (χ2v) is 4.40. The summed E-state index contributed by atoms with van der Waals surface area (Å²) in [7, 11) is 0. The quantitative estimate of drug-likeness (QED) is 0.761. The van der Waals surface area contributed by atoms with E-state index < -0.39 is 5.82 Å². The lowest BCUT2D eigenvalue weighted by Gasteiger charge is -2.01. The van der Waals surface area contributed by atoms with E-state index in [0.717, 1.165) is 10.7 Å². The number of furan rings is 1. The van der Waals surface area contributed by atoms with Gasteiger partial charge in [-0.15, -0.1) is 0 Å². The molecular weight excluding hydrogens is 227 g/mol. The third-order valence-electron chi connectivity index (χ3n) is 2.07. The summed E-state index contributed by atoms with van der Waals surface area (Å²) in [5.74, 6) is 0.371. The van der Waals surface area contributed by atoms with Crippen LogP contribution in [0.1, 0.15) is 16.1 Å². The molecule has 0 amide bonds. The van der Waals surface area contributed by atoms with Crippen LogP contribution in [0.5, 0.6) is 0 Å². The van der Waals surface area contributed by atoms with Gasteiger partial charge >= 0.3 is 0 Å². The fourth-order valence-electron chi connectivity index (χ4n) is 1.32. The molecule has 4 heteroatoms. The molecule has 0 aliphatic carbocycles. The highest BCUT2D eigenvalue weighted by Crippen LogP contribution is 2.31. The molecular formula is C12H9FO2S. The minimum atomic E-state index is -0.409. The highest BCUT2D eigenvalue weighted by molar-refractivity contribution is 7.99. The molecule has 0 N–H and O–H groups in total. The van der Waals surface area contributed by atoms with Gasteiger partial charge in [0.15, 0.2) is 0 Å². The molecule has 2 rings (SSSR count). The van der Waals surface area contributed by atoms with Crippen LogP contribution in [0.3, 0.4) is 0 Å². The third kappa shape index (κ3) is 2.33. The normalized spacial score (nSPS) is 10.4. The molecule has 82 valence electrons. The molecule has 0 saturated carbocycles. The van der Waals surface area contributed by atoms with Gasteiger partial charge in [0.2, 0.25) is 0 Å². The Kier molecular flexibility index (Phi) is 3.10. The monoisotopic (exact) mass is 236 g/mol. The standard InChI is InChI=1S/C12H9FO2S/c1-8-12(2-3-15-8)16-11-5-9(7-14)4-10(13)6-11/h2-7H,1H3. The summed E-state index contributed by atoms with van der Waals surface area (Å²) < 4.78 is 18.3. The summed E-state index contributed by atoms with van der Waals surface area (Å²) in [4.78, 5) is 12.2. The maximum Gasteiger partial charge on any atom is 0.150 e. The van der Waals surface area contributed by atoms with E-state index in [9.17, 15) is 9.18 Å². The van der Waals surface area contributed by atoms with Crippen LogP contribution in [0.25, 0.3) is 0 Å². The minimum absolute atomic E-state index is 0.337. The van der Waals surface area contributed by atoms with Crippen LogP contribution < -0.4 is 0 Å². The summed E-state index contributed by atoms with van der Waals surface area (Å²) in [6, 6.07) is 6.06. The molecule has 0 atom stereocenters. The second kappa shape index (κ2) is 4.53. The summed E-state index contributed by atoms with van der Waals surface area (Å²) in [6.45, 7) is 1.84. The average Bonchev–Trinajstić information content (AvgIpc) is 2.63. The lowest BCUT2D eigenvalue weighted by molar-refractivity contribution is 0.112. The number of benzene rings is 1. The van der Waals surface area contributed by atoms with Crippen LogP contribution in [0, 0.1) is 12.7 Å². The van der Waals surface area contributed by atoms with Crippen molar-refractivity contribution in [3.8, 4) is 0 Å². The molecule has 0 unspecified atom stereocenters. The fraction of sp³-hybridized carbons (Fsp3) is 0.0833. The lowest BCUT2D eigenvalue weighted by Crippen LogP contribution is -1.84. The molecule has 0 aliphatic heterocycles. The number of aryl methyl sites for hydroxylation is 1. The Labute approximate surface area is 96.5 Å². The Bertz CT molecular complexity index is 519. The van der Waals surface area contributed by atoms with Crippen LogP contribution in [-0.4, -0.2) is 6.29 Å². The smallest absolute Gasteiger partial charge is 0.150 e. The predicted octanol–water partition coefficient (Wildman–Crippen LogP) is 3.69. The van der Waals surface area contributed by atoms with E-state index in [1.54, 1.807) is 12.3 Å². The molecule has 1 aromatic carbocycles. The van der Waals surface area contributed by atoms with Crippen LogP contribution in [0.4, 0.5) is 4.39 Å². The molecule has 0 bridgehead atoms. The average molecular weight is 236 g/mol. The Morgan fingerprint density at radius 3 is 2.81 bits per heavy atom. The van der Waals surface area contributed by atoms with Crippen LogP contribution in [0.2, 0.25) is 0 Å². The molecule has 2 nitrogen and oxygen atoms in total. The molecule has 0 fully saturated rings. The number of hydrogen-bond donors (Lipinski definition) is 0. The summed E-state index contributed by atoms with van der Waals surface area (Å²) in [5, 5.41) is 0. The zero-order valence-electron chi connectivity index (χ0n) is 8.57. The summed E-state index contributed by atoms with van der Waals surface area (Å²) in [5.41, 5.74) is 0.337. The third-order valence-corrected chi connectivity index (χ3v) is 3.18. The predicted molar refractivity (Wildman–Crippen MR) is 59.4 cm³/mol. The summed E-state index contributed by atoms with van der Waals surface area (Å²) in [6.07, 6.45) is 2.22. The SMILES string of the molecule is Cc1occc1Sc1cc(F)cc(C=O)c1. The Morgan fingerprint density at radius 2 is 2.19 bits per heavy atom. The van der Waals surface area contributed by atoms with Crippen molar-refractivity contribution in [1.82, 2.24) is 0 Å². The number of rotatable bonds is 3. The Balaban J connectivity index is 2.31. The molecule has 1 aromatic heterocycles. The molecule has 0 spiro atoms. The van der Waals surface area contributed by atoms with E-state index in [-0.39, 0.29) is 0 Å². The highest BCUT2D eigenvalue weighted by atomic mass is 32.2. The van der Waals surface area contributed by atoms with Gasteiger partial charge in [0, 0.05) is 10.5 Å². The van der Waals surface area contributed by atoms with Crippen molar-refractivity contribution in [3.63, 3.8) is 0 Å². The van der Waals surface area contributed by atoms with Crippen LogP contribution in [0.15, 0.2) is 44.7 Å². The highest BCUT2D eigenvalue weighted by Gasteiger charge is 2.06. The van der Waals surface area contributed by atoms with Crippen LogP contribution >= 0.6 is 11.8 Å². The number of hydrogen-bond acceptors (Lipinski definition) is 3. The van der Waals surface area contributed by atoms with E-state index in [1.165, 1.54) is 23.9 Å².